The topological polar surface area (TPSA) is 60.2 Å². The van der Waals surface area contributed by atoms with Crippen molar-refractivity contribution in [1.29, 1.82) is 0 Å². The van der Waals surface area contributed by atoms with Gasteiger partial charge in [-0.05, 0) is 35.7 Å². The number of hydrogen-bond donors (Lipinski definition) is 2. The largest absolute Gasteiger partial charge is 0.394 e. The second-order valence-electron chi connectivity index (χ2n) is 5.82. The van der Waals surface area contributed by atoms with E-state index in [-0.39, 0.29) is 12.6 Å². The van der Waals surface area contributed by atoms with Crippen molar-refractivity contribution in [1.82, 2.24) is 10.3 Å². The summed E-state index contributed by atoms with van der Waals surface area (Å²) >= 11 is 3.26. The number of nitrogens with zero attached hydrogens (tertiary/aromatic N) is 3. The summed E-state index contributed by atoms with van der Waals surface area (Å²) in [6.45, 7) is 7.84. The van der Waals surface area contributed by atoms with Crippen LogP contribution in [-0.4, -0.2) is 48.9 Å². The van der Waals surface area contributed by atoms with Crippen LogP contribution in [0.4, 0.5) is 0 Å². The van der Waals surface area contributed by atoms with E-state index in [1.54, 1.807) is 11.2 Å². The lowest BCUT2D eigenvalue weighted by Gasteiger charge is -2.17. The number of likely N-dealkylation sites (N-methyl/N-ethyl adjacent to an activating group) is 1. The summed E-state index contributed by atoms with van der Waals surface area (Å²) in [5.41, 5.74) is 1.12. The number of aliphatic hydroxyl groups excluding tert-OH is 1. The first kappa shape index (κ1) is 22.9. The van der Waals surface area contributed by atoms with Crippen LogP contribution in [-0.2, 0) is 0 Å². The number of hydrazone groups is 1. The number of amidine groups is 1. The van der Waals surface area contributed by atoms with Gasteiger partial charge in [0.05, 0.1) is 18.9 Å². The minimum absolute atomic E-state index is 0.00590. The van der Waals surface area contributed by atoms with Crippen LogP contribution in [0, 0.1) is 0 Å². The second-order valence-corrected chi connectivity index (χ2v) is 6.84. The standard InChI is InChI=1S/C18H33BrN4O/c1-6-7-8-9-10-11-17(20-4)12-18(22-16(3)14-24)23(5)21-13-15(2)19/h12-13,16,20,24H,2,6-11,14H2,1,3-5H3/b17-12?,21-13-,22-18?. The molecule has 0 heterocycles. The summed E-state index contributed by atoms with van der Waals surface area (Å²) in [7, 11) is 3.76. The van der Waals surface area contributed by atoms with Gasteiger partial charge in [-0.15, -0.1) is 0 Å². The maximum Gasteiger partial charge on any atom is 0.145 e. The Kier molecular flexibility index (Phi) is 13.5. The first-order chi connectivity index (χ1) is 11.4. The lowest BCUT2D eigenvalue weighted by Crippen LogP contribution is -2.24. The molecule has 0 amide bonds. The molecule has 6 heteroatoms. The Morgan fingerprint density at radius 2 is 2.00 bits per heavy atom. The van der Waals surface area contributed by atoms with Crippen molar-refractivity contribution in [3.05, 3.63) is 22.8 Å². The summed E-state index contributed by atoms with van der Waals surface area (Å²) in [4.78, 5) is 4.54. The molecular formula is C18H33BrN4O. The predicted molar refractivity (Wildman–Crippen MR) is 109 cm³/mol. The Bertz CT molecular complexity index is 446. The molecule has 1 unspecified atom stereocenters. The van der Waals surface area contributed by atoms with Crippen LogP contribution in [0.25, 0.3) is 0 Å². The fourth-order valence-electron chi connectivity index (χ4n) is 2.03. The third kappa shape index (κ3) is 11.4. The van der Waals surface area contributed by atoms with Crippen molar-refractivity contribution in [3.8, 4) is 0 Å². The number of halogens is 1. The van der Waals surface area contributed by atoms with Gasteiger partial charge in [0.15, 0.2) is 0 Å². The molecular weight excluding hydrogens is 368 g/mol. The number of rotatable bonds is 12. The molecule has 1 atom stereocenters. The van der Waals surface area contributed by atoms with Crippen LogP contribution in [0.2, 0.25) is 0 Å². The maximum absolute atomic E-state index is 9.28. The van der Waals surface area contributed by atoms with Crippen LogP contribution >= 0.6 is 15.9 Å². The molecule has 0 bridgehead atoms. The molecule has 0 aromatic rings. The van der Waals surface area contributed by atoms with Crippen LogP contribution < -0.4 is 5.32 Å². The van der Waals surface area contributed by atoms with Crippen LogP contribution in [0.5, 0.6) is 0 Å². The van der Waals surface area contributed by atoms with Crippen LogP contribution in [0.15, 0.2) is 32.9 Å². The summed E-state index contributed by atoms with van der Waals surface area (Å²) in [6.07, 6.45) is 10.8. The fraction of sp³-hybridized carbons (Fsp3) is 0.667. The van der Waals surface area contributed by atoms with Gasteiger partial charge in [-0.1, -0.05) is 39.2 Å². The predicted octanol–water partition coefficient (Wildman–Crippen LogP) is 4.06. The Morgan fingerprint density at radius 1 is 1.33 bits per heavy atom. The molecule has 0 aromatic carbocycles. The summed E-state index contributed by atoms with van der Waals surface area (Å²) in [5.74, 6) is 0.708. The molecule has 0 saturated carbocycles. The van der Waals surface area contributed by atoms with Gasteiger partial charge >= 0.3 is 0 Å². The maximum atomic E-state index is 9.28. The summed E-state index contributed by atoms with van der Waals surface area (Å²) < 4.78 is 0.692. The highest BCUT2D eigenvalue weighted by atomic mass is 79.9. The minimum Gasteiger partial charge on any atom is -0.394 e. The van der Waals surface area contributed by atoms with Crippen LogP contribution in [0.3, 0.4) is 0 Å². The quantitative estimate of drug-likeness (QED) is 0.224. The van der Waals surface area contributed by atoms with Gasteiger partial charge in [0, 0.05) is 30.4 Å². The van der Waals surface area contributed by atoms with E-state index in [0.717, 1.165) is 18.5 Å². The second kappa shape index (κ2) is 14.2. The lowest BCUT2D eigenvalue weighted by atomic mass is 10.1. The first-order valence-electron chi connectivity index (χ1n) is 8.63. The average Bonchev–Trinajstić information content (AvgIpc) is 2.57. The van der Waals surface area contributed by atoms with Gasteiger partial charge in [-0.3, -0.25) is 10.0 Å². The number of hydrogen-bond acceptors (Lipinski definition) is 4. The van der Waals surface area contributed by atoms with Gasteiger partial charge in [0.25, 0.3) is 0 Å². The molecule has 0 spiro atoms. The zero-order valence-corrected chi connectivity index (χ0v) is 17.1. The zero-order valence-electron chi connectivity index (χ0n) is 15.6. The molecule has 0 fully saturated rings. The van der Waals surface area contributed by atoms with Gasteiger partial charge < -0.3 is 10.4 Å². The SMILES string of the molecule is C=C(Br)/C=N\N(C)C(C=C(CCCCCCC)NC)=NC(C)CO. The van der Waals surface area contributed by atoms with Crippen molar-refractivity contribution in [3.63, 3.8) is 0 Å². The molecule has 138 valence electrons. The van der Waals surface area contributed by atoms with E-state index in [0.29, 0.717) is 10.3 Å². The molecule has 0 aliphatic rings. The molecule has 0 rings (SSSR count). The van der Waals surface area contributed by atoms with Crippen molar-refractivity contribution in [2.45, 2.75) is 58.4 Å². The molecule has 0 saturated heterocycles. The Balaban J connectivity index is 5.02. The Morgan fingerprint density at radius 3 is 2.54 bits per heavy atom. The Labute approximate surface area is 155 Å². The fourth-order valence-corrected chi connectivity index (χ4v) is 2.13. The monoisotopic (exact) mass is 400 g/mol. The highest BCUT2D eigenvalue weighted by molar-refractivity contribution is 9.12. The summed E-state index contributed by atoms with van der Waals surface area (Å²) in [6, 6.07) is -0.177. The normalized spacial score (nSPS) is 14.1. The molecule has 0 aromatic heterocycles. The molecule has 0 radical (unpaired) electrons. The number of allylic oxidation sites excluding steroid dienone is 2. The van der Waals surface area contributed by atoms with E-state index in [4.69, 9.17) is 0 Å². The van der Waals surface area contributed by atoms with Gasteiger partial charge in [0.2, 0.25) is 0 Å². The van der Waals surface area contributed by atoms with Crippen molar-refractivity contribution in [2.24, 2.45) is 10.1 Å². The average molecular weight is 401 g/mol. The number of unbranched alkanes of at least 4 members (excludes halogenated alkanes) is 4. The highest BCUT2D eigenvalue weighted by Gasteiger charge is 2.07. The van der Waals surface area contributed by atoms with E-state index in [9.17, 15) is 5.11 Å². The van der Waals surface area contributed by atoms with Gasteiger partial charge in [-0.2, -0.15) is 5.10 Å². The molecule has 2 N–H and O–H groups in total. The molecule has 0 aliphatic heterocycles. The highest BCUT2D eigenvalue weighted by Crippen LogP contribution is 2.10. The smallest absolute Gasteiger partial charge is 0.145 e. The Hall–Kier alpha value is -1.14. The van der Waals surface area contributed by atoms with Gasteiger partial charge in [-0.25, -0.2) is 0 Å². The van der Waals surface area contributed by atoms with E-state index in [1.165, 1.54) is 25.7 Å². The van der Waals surface area contributed by atoms with Crippen molar-refractivity contribution < 1.29 is 5.11 Å². The number of aliphatic imine (C=N–C) groups is 1. The zero-order chi connectivity index (χ0) is 18.4. The third-order valence-corrected chi connectivity index (χ3v) is 3.70. The molecule has 24 heavy (non-hydrogen) atoms. The van der Waals surface area contributed by atoms with Crippen LogP contribution in [0.1, 0.15) is 52.4 Å². The molecule has 0 aliphatic carbocycles. The minimum atomic E-state index is -0.177. The molecule has 5 nitrogen and oxygen atoms in total. The number of aliphatic hydroxyl groups is 1. The number of nitrogens with one attached hydrogen (secondary N) is 1. The first-order valence-corrected chi connectivity index (χ1v) is 9.42. The van der Waals surface area contributed by atoms with Crippen molar-refractivity contribution >= 4 is 28.0 Å². The van der Waals surface area contributed by atoms with E-state index in [2.05, 4.69) is 44.8 Å². The lowest BCUT2D eigenvalue weighted by molar-refractivity contribution is 0.273. The van der Waals surface area contributed by atoms with E-state index >= 15 is 0 Å². The third-order valence-electron chi connectivity index (χ3n) is 3.49. The van der Waals surface area contributed by atoms with E-state index in [1.807, 2.05) is 27.1 Å². The summed E-state index contributed by atoms with van der Waals surface area (Å²) in [5, 5.41) is 18.5. The van der Waals surface area contributed by atoms with E-state index < -0.39 is 0 Å². The van der Waals surface area contributed by atoms with Crippen molar-refractivity contribution in [2.75, 3.05) is 20.7 Å². The van der Waals surface area contributed by atoms with Gasteiger partial charge in [0.1, 0.15) is 5.84 Å².